The van der Waals surface area contributed by atoms with Gasteiger partial charge in [-0.05, 0) is 51.4 Å². The molecule has 112 valence electrons. The van der Waals surface area contributed by atoms with Crippen LogP contribution in [0.2, 0.25) is 0 Å². The minimum atomic E-state index is -4.28. The van der Waals surface area contributed by atoms with E-state index in [-0.39, 0.29) is 6.04 Å². The topological polar surface area (TPSA) is 15.3 Å². The summed E-state index contributed by atoms with van der Waals surface area (Å²) in [7, 11) is 1.93. The molecule has 1 heterocycles. The maximum atomic E-state index is 12.9. The molecule has 0 bridgehead atoms. The molecule has 5 heteroatoms. The molecule has 1 aliphatic heterocycles. The Kier molecular flexibility index (Phi) is 4.28. The normalized spacial score (nSPS) is 24.0. The zero-order valence-corrected chi connectivity index (χ0v) is 12.1. The van der Waals surface area contributed by atoms with Crippen molar-refractivity contribution in [3.05, 3.63) is 29.3 Å². The number of anilines is 1. The number of hydrogen-bond donors (Lipinski definition) is 1. The van der Waals surface area contributed by atoms with Gasteiger partial charge in [-0.2, -0.15) is 13.2 Å². The van der Waals surface area contributed by atoms with Crippen molar-refractivity contribution in [2.24, 2.45) is 0 Å². The summed E-state index contributed by atoms with van der Waals surface area (Å²) in [4.78, 5) is 2.10. The van der Waals surface area contributed by atoms with Gasteiger partial charge in [-0.25, -0.2) is 0 Å². The Bertz CT molecular complexity index is 471. The van der Waals surface area contributed by atoms with Crippen molar-refractivity contribution in [2.45, 2.75) is 44.9 Å². The second-order valence-corrected chi connectivity index (χ2v) is 5.55. The van der Waals surface area contributed by atoms with E-state index in [1.807, 2.05) is 14.0 Å². The van der Waals surface area contributed by atoms with Crippen LogP contribution >= 0.6 is 0 Å². The average molecular weight is 286 g/mol. The van der Waals surface area contributed by atoms with Crippen LogP contribution in [0, 0.1) is 6.92 Å². The Morgan fingerprint density at radius 1 is 1.30 bits per heavy atom. The molecule has 1 fully saturated rings. The number of nitrogens with zero attached hydrogens (tertiary/aromatic N) is 1. The lowest BCUT2D eigenvalue weighted by Crippen LogP contribution is -2.47. The highest BCUT2D eigenvalue weighted by atomic mass is 19.4. The minimum absolute atomic E-state index is 0.239. The van der Waals surface area contributed by atoms with Crippen LogP contribution < -0.4 is 10.2 Å². The first-order chi connectivity index (χ1) is 9.32. The summed E-state index contributed by atoms with van der Waals surface area (Å²) in [5.74, 6) is 0. The number of aryl methyl sites for hydroxylation is 1. The van der Waals surface area contributed by atoms with Gasteiger partial charge in [0.2, 0.25) is 0 Å². The van der Waals surface area contributed by atoms with Gasteiger partial charge < -0.3 is 10.2 Å². The van der Waals surface area contributed by atoms with E-state index < -0.39 is 11.7 Å². The second kappa shape index (κ2) is 5.64. The molecule has 0 spiro atoms. The predicted molar refractivity (Wildman–Crippen MR) is 75.1 cm³/mol. The van der Waals surface area contributed by atoms with Crippen molar-refractivity contribution in [2.75, 3.05) is 18.5 Å². The van der Waals surface area contributed by atoms with Gasteiger partial charge in [-0.3, -0.25) is 0 Å². The number of piperidine rings is 1. The van der Waals surface area contributed by atoms with Gasteiger partial charge in [-0.1, -0.05) is 6.07 Å². The third-order valence-corrected chi connectivity index (χ3v) is 4.13. The standard InChI is InChI=1S/C15H21F3N2/c1-10-4-5-12(15(16,17)18)9-14(10)20-7-6-13(19-3)8-11(20)2/h4-5,9,11,13,19H,6-8H2,1-3H3. The number of nitrogens with one attached hydrogen (secondary N) is 1. The van der Waals surface area contributed by atoms with Gasteiger partial charge in [-0.15, -0.1) is 0 Å². The molecule has 0 aliphatic carbocycles. The van der Waals surface area contributed by atoms with E-state index in [9.17, 15) is 13.2 Å². The van der Waals surface area contributed by atoms with E-state index in [0.29, 0.717) is 11.7 Å². The number of alkyl halides is 3. The van der Waals surface area contributed by atoms with E-state index in [2.05, 4.69) is 17.1 Å². The molecule has 20 heavy (non-hydrogen) atoms. The van der Waals surface area contributed by atoms with Gasteiger partial charge in [0.25, 0.3) is 0 Å². The van der Waals surface area contributed by atoms with Gasteiger partial charge in [0.15, 0.2) is 0 Å². The van der Waals surface area contributed by atoms with Crippen LogP contribution in [0.3, 0.4) is 0 Å². The first-order valence-corrected chi connectivity index (χ1v) is 6.94. The van der Waals surface area contributed by atoms with Crippen LogP contribution in [0.5, 0.6) is 0 Å². The molecule has 1 aliphatic rings. The SMILES string of the molecule is CNC1CCN(c2cc(C(F)(F)F)ccc2C)C(C)C1. The van der Waals surface area contributed by atoms with E-state index in [1.54, 1.807) is 6.07 Å². The highest BCUT2D eigenvalue weighted by molar-refractivity contribution is 5.56. The molecule has 0 amide bonds. The van der Waals surface area contributed by atoms with Gasteiger partial charge >= 0.3 is 6.18 Å². The Balaban J connectivity index is 2.28. The van der Waals surface area contributed by atoms with E-state index in [0.717, 1.165) is 31.0 Å². The molecule has 2 atom stereocenters. The van der Waals surface area contributed by atoms with Crippen LogP contribution in [-0.2, 0) is 6.18 Å². The average Bonchev–Trinajstić information content (AvgIpc) is 2.38. The maximum absolute atomic E-state index is 12.9. The molecular formula is C15H21F3N2. The lowest BCUT2D eigenvalue weighted by molar-refractivity contribution is -0.137. The molecule has 1 N–H and O–H groups in total. The van der Waals surface area contributed by atoms with Crippen LogP contribution in [0.15, 0.2) is 18.2 Å². The highest BCUT2D eigenvalue weighted by Crippen LogP contribution is 2.35. The van der Waals surface area contributed by atoms with Crippen LogP contribution in [0.1, 0.15) is 30.9 Å². The Labute approximate surface area is 118 Å². The van der Waals surface area contributed by atoms with Crippen LogP contribution in [0.4, 0.5) is 18.9 Å². The molecule has 2 nitrogen and oxygen atoms in total. The third-order valence-electron chi connectivity index (χ3n) is 4.13. The molecular weight excluding hydrogens is 265 g/mol. The van der Waals surface area contributed by atoms with Crippen molar-refractivity contribution in [3.8, 4) is 0 Å². The fraction of sp³-hybridized carbons (Fsp3) is 0.600. The first-order valence-electron chi connectivity index (χ1n) is 6.94. The quantitative estimate of drug-likeness (QED) is 0.894. The predicted octanol–water partition coefficient (Wildman–Crippen LogP) is 3.59. The largest absolute Gasteiger partial charge is 0.416 e. The van der Waals surface area contributed by atoms with E-state index in [1.165, 1.54) is 6.07 Å². The zero-order valence-electron chi connectivity index (χ0n) is 12.1. The molecule has 2 unspecified atom stereocenters. The Morgan fingerprint density at radius 2 is 2.00 bits per heavy atom. The summed E-state index contributed by atoms with van der Waals surface area (Å²) >= 11 is 0. The third kappa shape index (κ3) is 3.08. The zero-order chi connectivity index (χ0) is 14.9. The molecule has 1 aromatic rings. The fourth-order valence-corrected chi connectivity index (χ4v) is 2.89. The van der Waals surface area contributed by atoms with E-state index >= 15 is 0 Å². The summed E-state index contributed by atoms with van der Waals surface area (Å²) < 4.78 is 38.6. The van der Waals surface area contributed by atoms with Crippen LogP contribution in [-0.4, -0.2) is 25.7 Å². The Hall–Kier alpha value is -1.23. The summed E-state index contributed by atoms with van der Waals surface area (Å²) in [6.45, 7) is 4.73. The first kappa shape index (κ1) is 15.2. The van der Waals surface area contributed by atoms with Crippen molar-refractivity contribution in [1.82, 2.24) is 5.32 Å². The minimum Gasteiger partial charge on any atom is -0.368 e. The number of halogens is 3. The van der Waals surface area contributed by atoms with Gasteiger partial charge in [0, 0.05) is 24.3 Å². The molecule has 2 rings (SSSR count). The Morgan fingerprint density at radius 3 is 2.55 bits per heavy atom. The fourth-order valence-electron chi connectivity index (χ4n) is 2.89. The molecule has 0 radical (unpaired) electrons. The van der Waals surface area contributed by atoms with Crippen LogP contribution in [0.25, 0.3) is 0 Å². The molecule has 1 saturated heterocycles. The monoisotopic (exact) mass is 286 g/mol. The van der Waals surface area contributed by atoms with Crippen molar-refractivity contribution < 1.29 is 13.2 Å². The lowest BCUT2D eigenvalue weighted by atomic mass is 9.96. The highest BCUT2D eigenvalue weighted by Gasteiger charge is 2.32. The summed E-state index contributed by atoms with van der Waals surface area (Å²) in [6.07, 6.45) is -2.38. The lowest BCUT2D eigenvalue weighted by Gasteiger charge is -2.40. The number of hydrogen-bond acceptors (Lipinski definition) is 2. The second-order valence-electron chi connectivity index (χ2n) is 5.55. The number of rotatable bonds is 2. The van der Waals surface area contributed by atoms with Crippen molar-refractivity contribution in [1.29, 1.82) is 0 Å². The summed E-state index contributed by atoms with van der Waals surface area (Å²) in [6, 6.07) is 4.69. The number of benzene rings is 1. The van der Waals surface area contributed by atoms with Crippen molar-refractivity contribution >= 4 is 5.69 Å². The summed E-state index contributed by atoms with van der Waals surface area (Å²) in [5.41, 5.74) is 1.04. The molecule has 0 aromatic heterocycles. The van der Waals surface area contributed by atoms with Gasteiger partial charge in [0.1, 0.15) is 0 Å². The summed E-state index contributed by atoms with van der Waals surface area (Å²) in [5, 5.41) is 3.25. The van der Waals surface area contributed by atoms with Crippen molar-refractivity contribution in [3.63, 3.8) is 0 Å². The van der Waals surface area contributed by atoms with E-state index in [4.69, 9.17) is 0 Å². The molecule has 0 saturated carbocycles. The smallest absolute Gasteiger partial charge is 0.368 e. The van der Waals surface area contributed by atoms with Gasteiger partial charge in [0.05, 0.1) is 5.56 Å². The molecule has 1 aromatic carbocycles. The maximum Gasteiger partial charge on any atom is 0.416 e.